The number of ketones is 1. The summed E-state index contributed by atoms with van der Waals surface area (Å²) in [5.41, 5.74) is -4.28. The van der Waals surface area contributed by atoms with Crippen molar-refractivity contribution in [3.63, 3.8) is 0 Å². The summed E-state index contributed by atoms with van der Waals surface area (Å²) >= 11 is 0. The van der Waals surface area contributed by atoms with E-state index < -0.39 is 64.4 Å². The van der Waals surface area contributed by atoms with Gasteiger partial charge in [-0.05, 0) is 37.1 Å². The Labute approximate surface area is 229 Å². The average molecular weight is 545 g/mol. The van der Waals surface area contributed by atoms with E-state index in [4.69, 9.17) is 23.7 Å². The average Bonchev–Trinajstić information content (AvgIpc) is 2.87. The molecule has 1 aromatic rings. The quantitative estimate of drug-likeness (QED) is 0.426. The van der Waals surface area contributed by atoms with Crippen molar-refractivity contribution in [2.24, 2.45) is 16.7 Å². The summed E-state index contributed by atoms with van der Waals surface area (Å²) in [7, 11) is 3.00. The van der Waals surface area contributed by atoms with Crippen molar-refractivity contribution >= 4 is 11.8 Å². The van der Waals surface area contributed by atoms with Crippen LogP contribution in [0.4, 0.5) is 0 Å². The number of rotatable bonds is 5. The predicted molar refractivity (Wildman–Crippen MR) is 140 cm³/mol. The first-order valence-electron chi connectivity index (χ1n) is 13.5. The van der Waals surface area contributed by atoms with Gasteiger partial charge in [-0.25, -0.2) is 0 Å². The number of para-hydroxylation sites is 1. The van der Waals surface area contributed by atoms with Crippen LogP contribution in [0.3, 0.4) is 0 Å². The van der Waals surface area contributed by atoms with Gasteiger partial charge >= 0.3 is 5.97 Å². The molecular weight excluding hydrogens is 504 g/mol. The van der Waals surface area contributed by atoms with Gasteiger partial charge in [-0.15, -0.1) is 0 Å². The van der Waals surface area contributed by atoms with E-state index in [1.807, 2.05) is 32.0 Å². The molecule has 4 aliphatic rings. The first kappa shape index (κ1) is 28.2. The van der Waals surface area contributed by atoms with E-state index in [-0.39, 0.29) is 18.8 Å². The summed E-state index contributed by atoms with van der Waals surface area (Å²) in [6.45, 7) is 8.64. The maximum absolute atomic E-state index is 14.9. The van der Waals surface area contributed by atoms with Gasteiger partial charge in [-0.2, -0.15) is 0 Å². The maximum atomic E-state index is 14.9. The van der Waals surface area contributed by atoms with Gasteiger partial charge in [0, 0.05) is 39.4 Å². The zero-order valence-electron chi connectivity index (χ0n) is 23.7. The Balaban J connectivity index is 1.86. The lowest BCUT2D eigenvalue weighted by Crippen LogP contribution is -2.82. The van der Waals surface area contributed by atoms with Gasteiger partial charge < -0.3 is 33.9 Å². The third kappa shape index (κ3) is 3.70. The van der Waals surface area contributed by atoms with E-state index in [0.717, 1.165) is 0 Å². The van der Waals surface area contributed by atoms with Gasteiger partial charge in [0.25, 0.3) is 0 Å². The predicted octanol–water partition coefficient (Wildman–Crippen LogP) is 2.61. The summed E-state index contributed by atoms with van der Waals surface area (Å²) in [5, 5.41) is 24.2. The lowest BCUT2D eigenvalue weighted by molar-refractivity contribution is -0.345. The summed E-state index contributed by atoms with van der Waals surface area (Å²) in [5.74, 6) is -1.24. The third-order valence-electron chi connectivity index (χ3n) is 10.2. The van der Waals surface area contributed by atoms with E-state index in [1.165, 1.54) is 14.0 Å². The lowest BCUT2D eigenvalue weighted by atomic mass is 9.44. The highest BCUT2D eigenvalue weighted by molar-refractivity contribution is 5.93. The molecule has 1 aromatic carbocycles. The van der Waals surface area contributed by atoms with Crippen molar-refractivity contribution in [2.75, 3.05) is 20.8 Å². The molecule has 0 amide bonds. The summed E-state index contributed by atoms with van der Waals surface area (Å²) in [4.78, 5) is 27.5. The van der Waals surface area contributed by atoms with Crippen molar-refractivity contribution in [3.8, 4) is 5.75 Å². The normalized spacial score (nSPS) is 42.8. The minimum atomic E-state index is -1.72. The molecule has 2 saturated carbocycles. The van der Waals surface area contributed by atoms with Crippen LogP contribution in [0.15, 0.2) is 41.5 Å². The van der Waals surface area contributed by atoms with Crippen molar-refractivity contribution in [2.45, 2.75) is 89.2 Å². The van der Waals surface area contributed by atoms with Gasteiger partial charge in [0.15, 0.2) is 11.4 Å². The number of hydrogen-bond donors (Lipinski definition) is 2. The van der Waals surface area contributed by atoms with E-state index in [2.05, 4.69) is 0 Å². The first-order valence-corrected chi connectivity index (χ1v) is 13.5. The minimum Gasteiger partial charge on any atom is -0.487 e. The van der Waals surface area contributed by atoms with Crippen LogP contribution in [0.5, 0.6) is 5.75 Å². The second-order valence-corrected chi connectivity index (χ2v) is 12.3. The van der Waals surface area contributed by atoms with E-state index in [1.54, 1.807) is 33.1 Å². The number of ether oxygens (including phenoxy) is 5. The number of aliphatic hydroxyl groups excluding tert-OH is 1. The van der Waals surface area contributed by atoms with Crippen LogP contribution in [0.2, 0.25) is 0 Å². The fourth-order valence-electron chi connectivity index (χ4n) is 8.06. The molecule has 1 saturated heterocycles. The van der Waals surface area contributed by atoms with Gasteiger partial charge in [0.2, 0.25) is 0 Å². The molecular formula is C30H40O9. The van der Waals surface area contributed by atoms with Crippen LogP contribution in [-0.4, -0.2) is 84.5 Å². The first-order chi connectivity index (χ1) is 18.3. The standard InChI is InChI=1S/C30H40O9/c1-16-19(32)14-30(34)26(38-18-11-9-8-10-12-18)24-28(5,25(33)23(36-7)22(16)27(30,3)4)20(35-6)13-21-29(24,15-37-21)39-17(2)31/h8-12,19-21,23-24,26,32,34H,13-15H2,1-7H3/t19-,20-,21+,23+,24-,26-,28+,29-,30+/m0/s1. The fraction of sp³-hybridized carbons (Fsp3) is 0.667. The van der Waals surface area contributed by atoms with Crippen LogP contribution >= 0.6 is 0 Å². The largest absolute Gasteiger partial charge is 0.487 e. The molecule has 0 unspecified atom stereocenters. The Morgan fingerprint density at radius 3 is 2.31 bits per heavy atom. The van der Waals surface area contributed by atoms with Crippen molar-refractivity contribution in [3.05, 3.63) is 41.5 Å². The molecule has 0 spiro atoms. The van der Waals surface area contributed by atoms with E-state index in [9.17, 15) is 19.8 Å². The second-order valence-electron chi connectivity index (χ2n) is 12.3. The molecule has 3 fully saturated rings. The van der Waals surface area contributed by atoms with Crippen LogP contribution in [0, 0.1) is 16.7 Å². The van der Waals surface area contributed by atoms with E-state index >= 15 is 0 Å². The van der Waals surface area contributed by atoms with Gasteiger partial charge in [0.05, 0.1) is 30.1 Å². The van der Waals surface area contributed by atoms with Crippen LogP contribution in [0.1, 0.15) is 47.5 Å². The van der Waals surface area contributed by atoms with Crippen molar-refractivity contribution in [1.29, 1.82) is 0 Å². The zero-order chi connectivity index (χ0) is 28.5. The molecule has 0 radical (unpaired) electrons. The summed E-state index contributed by atoms with van der Waals surface area (Å²) in [6.07, 6.45) is -4.20. The number of Topliss-reactive ketones (excluding diaryl/α,β-unsaturated/α-hetero) is 1. The number of methoxy groups -OCH3 is 2. The maximum Gasteiger partial charge on any atom is 0.303 e. The SMILES string of the molecule is CO[C@H]1C(=O)[C@]2(C)[C@@H](OC)C[C@H]3OC[C@@]3(OC(C)=O)[C@H]2[C@H](Oc2ccccc2)[C@]2(O)C[C@H](O)C(C)=C1C2(C)C. The second kappa shape index (κ2) is 9.38. The Hall–Kier alpha value is -2.30. The molecule has 1 heterocycles. The fourth-order valence-corrected chi connectivity index (χ4v) is 8.06. The molecule has 2 bridgehead atoms. The number of esters is 1. The number of benzene rings is 1. The topological polar surface area (TPSA) is 121 Å². The van der Waals surface area contributed by atoms with Crippen molar-refractivity contribution < 1.29 is 43.5 Å². The highest BCUT2D eigenvalue weighted by Gasteiger charge is 2.78. The Morgan fingerprint density at radius 2 is 1.77 bits per heavy atom. The molecule has 1 aliphatic heterocycles. The Kier molecular flexibility index (Phi) is 6.79. The third-order valence-corrected chi connectivity index (χ3v) is 10.2. The number of carbonyl (C=O) groups is 2. The highest BCUT2D eigenvalue weighted by Crippen LogP contribution is 2.64. The van der Waals surface area contributed by atoms with Crippen molar-refractivity contribution in [1.82, 2.24) is 0 Å². The molecule has 9 nitrogen and oxygen atoms in total. The van der Waals surface area contributed by atoms with Crippen LogP contribution in [0.25, 0.3) is 0 Å². The molecule has 9 heteroatoms. The molecule has 9 atom stereocenters. The molecule has 39 heavy (non-hydrogen) atoms. The van der Waals surface area contributed by atoms with Crippen LogP contribution < -0.4 is 4.74 Å². The Bertz CT molecular complexity index is 1180. The van der Waals surface area contributed by atoms with Gasteiger partial charge in [-0.3, -0.25) is 9.59 Å². The number of fused-ring (bicyclic) bond motifs is 5. The minimum absolute atomic E-state index is 0.0360. The number of hydrogen-bond acceptors (Lipinski definition) is 9. The molecule has 3 aliphatic carbocycles. The number of aliphatic hydroxyl groups is 2. The van der Waals surface area contributed by atoms with Crippen LogP contribution in [-0.2, 0) is 28.5 Å². The van der Waals surface area contributed by atoms with Gasteiger partial charge in [-0.1, -0.05) is 32.0 Å². The van der Waals surface area contributed by atoms with Gasteiger partial charge in [0.1, 0.15) is 29.7 Å². The summed E-state index contributed by atoms with van der Waals surface area (Å²) in [6, 6.07) is 9.04. The summed E-state index contributed by atoms with van der Waals surface area (Å²) < 4.78 is 30.7. The van der Waals surface area contributed by atoms with E-state index in [0.29, 0.717) is 23.3 Å². The highest BCUT2D eigenvalue weighted by atomic mass is 16.6. The molecule has 0 aromatic heterocycles. The molecule has 5 rings (SSSR count). The monoisotopic (exact) mass is 544 g/mol. The molecule has 214 valence electrons. The molecule has 2 N–H and O–H groups in total. The smallest absolute Gasteiger partial charge is 0.303 e. The Morgan fingerprint density at radius 1 is 1.10 bits per heavy atom. The zero-order valence-corrected chi connectivity index (χ0v) is 23.7. The lowest BCUT2D eigenvalue weighted by Gasteiger charge is -2.68. The number of carbonyl (C=O) groups excluding carboxylic acids is 2.